The minimum Gasteiger partial charge on any atom is -0.399 e. The highest BCUT2D eigenvalue weighted by Crippen LogP contribution is 2.18. The summed E-state index contributed by atoms with van der Waals surface area (Å²) in [6.07, 6.45) is 0.0620. The molecule has 0 spiro atoms. The second kappa shape index (κ2) is 5.72. The minimum absolute atomic E-state index is 0.218. The highest BCUT2D eigenvalue weighted by atomic mass is 35.5. The first-order chi connectivity index (χ1) is 7.54. The van der Waals surface area contributed by atoms with Crippen molar-refractivity contribution in [2.24, 2.45) is 0 Å². The molecule has 0 aliphatic heterocycles. The van der Waals surface area contributed by atoms with E-state index in [1.54, 1.807) is 12.1 Å². The van der Waals surface area contributed by atoms with Crippen LogP contribution in [0.4, 0.5) is 5.69 Å². The molecule has 0 saturated heterocycles. The van der Waals surface area contributed by atoms with Crippen molar-refractivity contribution in [3.05, 3.63) is 28.8 Å². The van der Waals surface area contributed by atoms with Crippen LogP contribution in [0.1, 0.15) is 23.7 Å². The van der Waals surface area contributed by atoms with E-state index in [9.17, 15) is 9.90 Å². The van der Waals surface area contributed by atoms with Crippen LogP contribution in [0.15, 0.2) is 18.2 Å². The molecule has 0 aromatic heterocycles. The van der Waals surface area contributed by atoms with Crippen LogP contribution >= 0.6 is 11.6 Å². The largest absolute Gasteiger partial charge is 0.399 e. The predicted octanol–water partition coefficient (Wildman–Crippen LogP) is 1.42. The Morgan fingerprint density at radius 3 is 2.88 bits per heavy atom. The average molecular weight is 243 g/mol. The quantitative estimate of drug-likeness (QED) is 0.699. The number of nitrogens with one attached hydrogen (secondary N) is 1. The molecule has 1 unspecified atom stereocenters. The van der Waals surface area contributed by atoms with E-state index in [1.807, 2.05) is 6.92 Å². The fraction of sp³-hybridized carbons (Fsp3) is 0.364. The van der Waals surface area contributed by atoms with Gasteiger partial charge in [0.2, 0.25) is 0 Å². The number of anilines is 1. The maximum absolute atomic E-state index is 11.6. The van der Waals surface area contributed by atoms with Crippen molar-refractivity contribution in [2.45, 2.75) is 19.4 Å². The van der Waals surface area contributed by atoms with Crippen molar-refractivity contribution >= 4 is 23.2 Å². The Bertz CT molecular complexity index is 382. The maximum Gasteiger partial charge on any atom is 0.252 e. The zero-order valence-electron chi connectivity index (χ0n) is 9.03. The fourth-order valence-electron chi connectivity index (χ4n) is 1.17. The molecule has 1 amide bonds. The van der Waals surface area contributed by atoms with Crippen molar-refractivity contribution in [3.8, 4) is 0 Å². The molecule has 1 rings (SSSR count). The van der Waals surface area contributed by atoms with Crippen LogP contribution < -0.4 is 11.1 Å². The van der Waals surface area contributed by atoms with E-state index in [1.165, 1.54) is 6.07 Å². The van der Waals surface area contributed by atoms with E-state index in [0.717, 1.165) is 0 Å². The van der Waals surface area contributed by atoms with Crippen molar-refractivity contribution in [1.82, 2.24) is 5.32 Å². The Morgan fingerprint density at radius 1 is 1.62 bits per heavy atom. The molecule has 1 atom stereocenters. The molecule has 1 aromatic rings. The molecule has 88 valence electrons. The molecule has 1 aromatic carbocycles. The summed E-state index contributed by atoms with van der Waals surface area (Å²) in [5, 5.41) is 12.2. The summed E-state index contributed by atoms with van der Waals surface area (Å²) in [7, 11) is 0. The van der Waals surface area contributed by atoms with E-state index < -0.39 is 6.10 Å². The maximum atomic E-state index is 11.6. The number of halogens is 1. The number of benzene rings is 1. The van der Waals surface area contributed by atoms with Crippen molar-refractivity contribution in [2.75, 3.05) is 12.3 Å². The Hall–Kier alpha value is -1.26. The normalized spacial score (nSPS) is 12.2. The van der Waals surface area contributed by atoms with Gasteiger partial charge in [0.1, 0.15) is 0 Å². The van der Waals surface area contributed by atoms with Gasteiger partial charge in [-0.05, 0) is 24.6 Å². The lowest BCUT2D eigenvalue weighted by molar-refractivity contribution is 0.0914. The number of amides is 1. The molecule has 0 fully saturated rings. The van der Waals surface area contributed by atoms with Gasteiger partial charge in [-0.25, -0.2) is 0 Å². The summed E-state index contributed by atoms with van der Waals surface area (Å²) in [5.74, 6) is -0.308. The molecule has 5 heteroatoms. The molecular weight excluding hydrogens is 228 g/mol. The second-order valence-electron chi connectivity index (χ2n) is 3.51. The summed E-state index contributed by atoms with van der Waals surface area (Å²) in [5.41, 5.74) is 6.38. The van der Waals surface area contributed by atoms with E-state index in [4.69, 9.17) is 17.3 Å². The minimum atomic E-state index is -0.531. The number of rotatable bonds is 4. The number of aliphatic hydroxyl groups is 1. The van der Waals surface area contributed by atoms with Gasteiger partial charge < -0.3 is 16.2 Å². The SMILES string of the molecule is CCC(O)CNC(=O)c1ccc(N)cc1Cl. The number of carbonyl (C=O) groups excluding carboxylic acids is 1. The van der Waals surface area contributed by atoms with Crippen molar-refractivity contribution < 1.29 is 9.90 Å². The molecule has 4 N–H and O–H groups in total. The van der Waals surface area contributed by atoms with Gasteiger partial charge >= 0.3 is 0 Å². The zero-order chi connectivity index (χ0) is 12.1. The summed E-state index contributed by atoms with van der Waals surface area (Å²) < 4.78 is 0. The lowest BCUT2D eigenvalue weighted by Gasteiger charge is -2.10. The standard InChI is InChI=1S/C11H15ClN2O2/c1-2-8(15)6-14-11(16)9-4-3-7(13)5-10(9)12/h3-5,8,15H,2,6,13H2,1H3,(H,14,16). The van der Waals surface area contributed by atoms with Crippen LogP contribution in [-0.2, 0) is 0 Å². The molecule has 0 radical (unpaired) electrons. The van der Waals surface area contributed by atoms with Gasteiger partial charge in [0.05, 0.1) is 16.7 Å². The van der Waals surface area contributed by atoms with Gasteiger partial charge in [0.25, 0.3) is 5.91 Å². The van der Waals surface area contributed by atoms with Gasteiger partial charge in [-0.2, -0.15) is 0 Å². The van der Waals surface area contributed by atoms with E-state index in [2.05, 4.69) is 5.32 Å². The Balaban J connectivity index is 2.66. The summed E-state index contributed by atoms with van der Waals surface area (Å²) >= 11 is 5.87. The van der Waals surface area contributed by atoms with Gasteiger partial charge in [-0.15, -0.1) is 0 Å². The zero-order valence-corrected chi connectivity index (χ0v) is 9.79. The number of hydrogen-bond donors (Lipinski definition) is 3. The molecule has 4 nitrogen and oxygen atoms in total. The van der Waals surface area contributed by atoms with Gasteiger partial charge in [0, 0.05) is 12.2 Å². The summed E-state index contributed by atoms with van der Waals surface area (Å²) in [6, 6.07) is 4.69. The van der Waals surface area contributed by atoms with Gasteiger partial charge in [-0.1, -0.05) is 18.5 Å². The highest BCUT2D eigenvalue weighted by Gasteiger charge is 2.11. The van der Waals surface area contributed by atoms with Crippen molar-refractivity contribution in [1.29, 1.82) is 0 Å². The molecule has 0 aliphatic rings. The third-order valence-corrected chi connectivity index (χ3v) is 2.52. The monoisotopic (exact) mass is 242 g/mol. The number of hydrogen-bond acceptors (Lipinski definition) is 3. The Labute approximate surface area is 99.4 Å². The highest BCUT2D eigenvalue weighted by molar-refractivity contribution is 6.34. The third-order valence-electron chi connectivity index (χ3n) is 2.21. The van der Waals surface area contributed by atoms with Crippen LogP contribution in [0.3, 0.4) is 0 Å². The third kappa shape index (κ3) is 3.40. The second-order valence-corrected chi connectivity index (χ2v) is 3.92. The molecule has 16 heavy (non-hydrogen) atoms. The lowest BCUT2D eigenvalue weighted by atomic mass is 10.2. The average Bonchev–Trinajstić information content (AvgIpc) is 2.25. The van der Waals surface area contributed by atoms with Crippen LogP contribution in [0.25, 0.3) is 0 Å². The van der Waals surface area contributed by atoms with Gasteiger partial charge in [0.15, 0.2) is 0 Å². The molecule has 0 aliphatic carbocycles. The van der Waals surface area contributed by atoms with E-state index in [0.29, 0.717) is 22.7 Å². The molecule has 0 saturated carbocycles. The van der Waals surface area contributed by atoms with E-state index in [-0.39, 0.29) is 12.5 Å². The predicted molar refractivity (Wildman–Crippen MR) is 64.5 cm³/mol. The van der Waals surface area contributed by atoms with Crippen LogP contribution in [-0.4, -0.2) is 23.7 Å². The van der Waals surface area contributed by atoms with Crippen LogP contribution in [0, 0.1) is 0 Å². The van der Waals surface area contributed by atoms with E-state index >= 15 is 0 Å². The number of aliphatic hydroxyl groups excluding tert-OH is 1. The first-order valence-electron chi connectivity index (χ1n) is 5.06. The first kappa shape index (κ1) is 12.8. The summed E-state index contributed by atoms with van der Waals surface area (Å²) in [4.78, 5) is 11.6. The van der Waals surface area contributed by atoms with Crippen LogP contribution in [0.5, 0.6) is 0 Å². The number of nitrogen functional groups attached to an aromatic ring is 1. The molecule has 0 heterocycles. The Kier molecular flexibility index (Phi) is 4.58. The van der Waals surface area contributed by atoms with Crippen molar-refractivity contribution in [3.63, 3.8) is 0 Å². The summed E-state index contributed by atoms with van der Waals surface area (Å²) in [6.45, 7) is 2.06. The topological polar surface area (TPSA) is 75.3 Å². The molecule has 0 bridgehead atoms. The van der Waals surface area contributed by atoms with Crippen LogP contribution in [0.2, 0.25) is 5.02 Å². The molecular formula is C11H15ClN2O2. The first-order valence-corrected chi connectivity index (χ1v) is 5.43. The number of carbonyl (C=O) groups is 1. The number of nitrogens with two attached hydrogens (primary N) is 1. The van der Waals surface area contributed by atoms with Gasteiger partial charge in [-0.3, -0.25) is 4.79 Å². The smallest absolute Gasteiger partial charge is 0.252 e. The fourth-order valence-corrected chi connectivity index (χ4v) is 1.44. The Morgan fingerprint density at radius 2 is 2.31 bits per heavy atom. The lowest BCUT2D eigenvalue weighted by Crippen LogP contribution is -2.31.